The molecule has 4 N–H and O–H groups in total. The summed E-state index contributed by atoms with van der Waals surface area (Å²) in [5, 5.41) is 5.42. The second-order valence-corrected chi connectivity index (χ2v) is 4.41. The van der Waals surface area contributed by atoms with Gasteiger partial charge in [-0.15, -0.1) is 0 Å². The number of nitrogens with one attached hydrogen (secondary N) is 2. The van der Waals surface area contributed by atoms with Crippen LogP contribution in [0, 0.1) is 0 Å². The van der Waals surface area contributed by atoms with Gasteiger partial charge in [0.25, 0.3) is 5.91 Å². The molecule has 0 aliphatic heterocycles. The van der Waals surface area contributed by atoms with Crippen LogP contribution in [0.15, 0.2) is 18.3 Å². The van der Waals surface area contributed by atoms with Crippen LogP contribution < -0.4 is 16.4 Å². The second kappa shape index (κ2) is 5.03. The molecule has 18 heavy (non-hydrogen) atoms. The summed E-state index contributed by atoms with van der Waals surface area (Å²) in [6.07, 6.45) is 3.54. The van der Waals surface area contributed by atoms with Crippen LogP contribution in [0.1, 0.15) is 30.1 Å². The third-order valence-electron chi connectivity index (χ3n) is 2.75. The van der Waals surface area contributed by atoms with Gasteiger partial charge in [0.15, 0.2) is 0 Å². The van der Waals surface area contributed by atoms with E-state index in [-0.39, 0.29) is 29.2 Å². The summed E-state index contributed by atoms with van der Waals surface area (Å²) in [5.41, 5.74) is 5.87. The van der Waals surface area contributed by atoms with Gasteiger partial charge in [-0.3, -0.25) is 9.59 Å². The van der Waals surface area contributed by atoms with Gasteiger partial charge in [0.2, 0.25) is 5.91 Å². The molecule has 1 heterocycles. The number of nitrogens with two attached hydrogens (primary N) is 1. The van der Waals surface area contributed by atoms with Crippen molar-refractivity contribution >= 4 is 17.6 Å². The summed E-state index contributed by atoms with van der Waals surface area (Å²) in [7, 11) is 0. The van der Waals surface area contributed by atoms with Gasteiger partial charge in [0.1, 0.15) is 11.9 Å². The first-order valence-corrected chi connectivity index (χ1v) is 5.89. The Labute approximate surface area is 105 Å². The van der Waals surface area contributed by atoms with E-state index < -0.39 is 6.04 Å². The van der Waals surface area contributed by atoms with E-state index in [4.69, 9.17) is 5.73 Å². The van der Waals surface area contributed by atoms with E-state index in [0.717, 1.165) is 12.8 Å². The number of nitrogen functional groups attached to an aromatic ring is 1. The molecule has 2 rings (SSSR count). The van der Waals surface area contributed by atoms with Crippen molar-refractivity contribution in [1.29, 1.82) is 0 Å². The Balaban J connectivity index is 1.94. The first-order chi connectivity index (χ1) is 8.58. The summed E-state index contributed by atoms with van der Waals surface area (Å²) >= 11 is 0. The first-order valence-electron chi connectivity index (χ1n) is 5.89. The summed E-state index contributed by atoms with van der Waals surface area (Å²) < 4.78 is 0. The lowest BCUT2D eigenvalue weighted by atomic mass is 10.2. The van der Waals surface area contributed by atoms with Gasteiger partial charge in [0, 0.05) is 12.2 Å². The maximum Gasteiger partial charge on any atom is 0.255 e. The van der Waals surface area contributed by atoms with Crippen LogP contribution in [-0.2, 0) is 4.79 Å². The average Bonchev–Trinajstić information content (AvgIpc) is 3.13. The van der Waals surface area contributed by atoms with Crippen molar-refractivity contribution in [2.45, 2.75) is 31.8 Å². The number of hydrogen-bond donors (Lipinski definition) is 3. The zero-order valence-electron chi connectivity index (χ0n) is 10.1. The molecule has 6 nitrogen and oxygen atoms in total. The zero-order valence-corrected chi connectivity index (χ0v) is 10.1. The quantitative estimate of drug-likeness (QED) is 0.702. The number of amides is 2. The normalized spacial score (nSPS) is 15.8. The number of anilines is 1. The molecule has 1 aromatic rings. The lowest BCUT2D eigenvalue weighted by molar-refractivity contribution is -0.122. The largest absolute Gasteiger partial charge is 0.383 e. The second-order valence-electron chi connectivity index (χ2n) is 4.41. The Morgan fingerprint density at radius 2 is 2.22 bits per heavy atom. The van der Waals surface area contributed by atoms with Crippen LogP contribution in [-0.4, -0.2) is 28.9 Å². The highest BCUT2D eigenvalue weighted by Gasteiger charge is 2.26. The highest BCUT2D eigenvalue weighted by atomic mass is 16.2. The van der Waals surface area contributed by atoms with Crippen molar-refractivity contribution in [2.75, 3.05) is 5.73 Å². The van der Waals surface area contributed by atoms with Crippen LogP contribution in [0.3, 0.4) is 0 Å². The van der Waals surface area contributed by atoms with E-state index in [1.807, 2.05) is 0 Å². The third kappa shape index (κ3) is 2.97. The molecular formula is C12H16N4O2. The molecule has 1 aromatic heterocycles. The smallest absolute Gasteiger partial charge is 0.255 e. The Bertz CT molecular complexity index is 471. The topological polar surface area (TPSA) is 97.1 Å². The molecule has 1 aliphatic rings. The number of carbonyl (C=O) groups is 2. The standard InChI is InChI=1S/C12H16N4O2/c1-7(11(17)16-8-4-5-8)15-12(18)9-3-2-6-14-10(9)13/h2-3,6-8H,4-5H2,1H3,(H2,13,14)(H,15,18)(H,16,17). The fourth-order valence-electron chi connectivity index (χ4n) is 1.50. The van der Waals surface area contributed by atoms with E-state index in [0.29, 0.717) is 0 Å². The Kier molecular flexibility index (Phi) is 3.45. The molecule has 1 atom stereocenters. The van der Waals surface area contributed by atoms with E-state index in [1.165, 1.54) is 6.20 Å². The molecule has 0 aromatic carbocycles. The van der Waals surface area contributed by atoms with E-state index in [9.17, 15) is 9.59 Å². The predicted octanol–water partition coefficient (Wildman–Crippen LogP) is 0.0607. The summed E-state index contributed by atoms with van der Waals surface area (Å²) in [6, 6.07) is 2.89. The van der Waals surface area contributed by atoms with Gasteiger partial charge in [0.05, 0.1) is 5.56 Å². The van der Waals surface area contributed by atoms with Crippen LogP contribution in [0.4, 0.5) is 5.82 Å². The summed E-state index contributed by atoms with van der Waals surface area (Å²) in [5.74, 6) is -0.405. The predicted molar refractivity (Wildman–Crippen MR) is 66.7 cm³/mol. The number of pyridine rings is 1. The number of hydrogen-bond acceptors (Lipinski definition) is 4. The molecule has 6 heteroatoms. The SMILES string of the molecule is CC(NC(=O)c1cccnc1N)C(=O)NC1CC1. The molecule has 1 aliphatic carbocycles. The fraction of sp³-hybridized carbons (Fsp3) is 0.417. The van der Waals surface area contributed by atoms with Gasteiger partial charge >= 0.3 is 0 Å². The Morgan fingerprint density at radius 3 is 2.83 bits per heavy atom. The zero-order chi connectivity index (χ0) is 13.1. The van der Waals surface area contributed by atoms with Crippen molar-refractivity contribution < 1.29 is 9.59 Å². The molecule has 1 fully saturated rings. The van der Waals surface area contributed by atoms with Crippen LogP contribution in [0.25, 0.3) is 0 Å². The van der Waals surface area contributed by atoms with Gasteiger partial charge in [-0.05, 0) is 31.9 Å². The minimum Gasteiger partial charge on any atom is -0.383 e. The monoisotopic (exact) mass is 248 g/mol. The average molecular weight is 248 g/mol. The number of aromatic nitrogens is 1. The van der Waals surface area contributed by atoms with Crippen LogP contribution >= 0.6 is 0 Å². The highest BCUT2D eigenvalue weighted by Crippen LogP contribution is 2.18. The lowest BCUT2D eigenvalue weighted by Gasteiger charge is -2.14. The Morgan fingerprint density at radius 1 is 1.50 bits per heavy atom. The van der Waals surface area contributed by atoms with Crippen molar-refractivity contribution in [3.05, 3.63) is 23.9 Å². The fourth-order valence-corrected chi connectivity index (χ4v) is 1.50. The van der Waals surface area contributed by atoms with Gasteiger partial charge < -0.3 is 16.4 Å². The van der Waals surface area contributed by atoms with Gasteiger partial charge in [-0.25, -0.2) is 4.98 Å². The highest BCUT2D eigenvalue weighted by molar-refractivity contribution is 6.00. The number of carbonyl (C=O) groups excluding carboxylic acids is 2. The van der Waals surface area contributed by atoms with Crippen LogP contribution in [0.5, 0.6) is 0 Å². The molecule has 0 bridgehead atoms. The van der Waals surface area contributed by atoms with Gasteiger partial charge in [-0.2, -0.15) is 0 Å². The lowest BCUT2D eigenvalue weighted by Crippen LogP contribution is -2.45. The summed E-state index contributed by atoms with van der Waals surface area (Å²) in [4.78, 5) is 27.4. The minimum atomic E-state index is -0.585. The van der Waals surface area contributed by atoms with Crippen molar-refractivity contribution in [1.82, 2.24) is 15.6 Å². The molecule has 1 unspecified atom stereocenters. The molecule has 0 spiro atoms. The number of rotatable bonds is 4. The maximum absolute atomic E-state index is 11.9. The molecular weight excluding hydrogens is 232 g/mol. The van der Waals surface area contributed by atoms with E-state index >= 15 is 0 Å². The van der Waals surface area contributed by atoms with Gasteiger partial charge in [-0.1, -0.05) is 0 Å². The maximum atomic E-state index is 11.9. The minimum absolute atomic E-state index is 0.157. The molecule has 96 valence electrons. The summed E-state index contributed by atoms with van der Waals surface area (Å²) in [6.45, 7) is 1.64. The van der Waals surface area contributed by atoms with E-state index in [2.05, 4.69) is 15.6 Å². The van der Waals surface area contributed by atoms with Crippen molar-refractivity contribution in [3.8, 4) is 0 Å². The van der Waals surface area contributed by atoms with Crippen molar-refractivity contribution in [3.63, 3.8) is 0 Å². The molecule has 1 saturated carbocycles. The number of nitrogens with zero attached hydrogens (tertiary/aromatic N) is 1. The van der Waals surface area contributed by atoms with E-state index in [1.54, 1.807) is 19.1 Å². The molecule has 2 amide bonds. The van der Waals surface area contributed by atoms with Crippen molar-refractivity contribution in [2.24, 2.45) is 0 Å². The Hall–Kier alpha value is -2.11. The third-order valence-corrected chi connectivity index (χ3v) is 2.75. The molecule has 0 saturated heterocycles. The first kappa shape index (κ1) is 12.3. The molecule has 0 radical (unpaired) electrons. The van der Waals surface area contributed by atoms with Crippen LogP contribution in [0.2, 0.25) is 0 Å².